The first-order valence-electron chi connectivity index (χ1n) is 8.12. The molecule has 0 heterocycles. The summed E-state index contributed by atoms with van der Waals surface area (Å²) in [6.45, 7) is 2.74. The van der Waals surface area contributed by atoms with Crippen molar-refractivity contribution in [3.63, 3.8) is 0 Å². The molecule has 27 heavy (non-hydrogen) atoms. The Morgan fingerprint density at radius 1 is 1.07 bits per heavy atom. The van der Waals surface area contributed by atoms with Gasteiger partial charge < -0.3 is 20.1 Å². The lowest BCUT2D eigenvalue weighted by Crippen LogP contribution is -2.46. The largest absolute Gasteiger partial charge is 0.497 e. The van der Waals surface area contributed by atoms with Crippen molar-refractivity contribution in [2.45, 2.75) is 26.0 Å². The van der Waals surface area contributed by atoms with Crippen molar-refractivity contribution < 1.29 is 28.7 Å². The molecular formula is C18H23N3O6. The van der Waals surface area contributed by atoms with E-state index in [0.717, 1.165) is 5.56 Å². The van der Waals surface area contributed by atoms with Crippen LogP contribution in [0.4, 0.5) is 4.79 Å². The average molecular weight is 377 g/mol. The van der Waals surface area contributed by atoms with Gasteiger partial charge in [-0.05, 0) is 37.6 Å². The summed E-state index contributed by atoms with van der Waals surface area (Å²) < 4.78 is 9.97. The van der Waals surface area contributed by atoms with Crippen molar-refractivity contribution in [3.8, 4) is 5.75 Å². The van der Waals surface area contributed by atoms with E-state index >= 15 is 0 Å². The Balaban J connectivity index is 2.50. The number of hydrogen-bond acceptors (Lipinski definition) is 6. The van der Waals surface area contributed by atoms with Crippen LogP contribution >= 0.6 is 0 Å². The van der Waals surface area contributed by atoms with Crippen LogP contribution < -0.4 is 20.7 Å². The van der Waals surface area contributed by atoms with Crippen molar-refractivity contribution in [1.82, 2.24) is 16.0 Å². The summed E-state index contributed by atoms with van der Waals surface area (Å²) in [4.78, 5) is 46.5. The van der Waals surface area contributed by atoms with Crippen LogP contribution in [0.5, 0.6) is 5.75 Å². The van der Waals surface area contributed by atoms with Gasteiger partial charge in [-0.3, -0.25) is 14.9 Å². The molecule has 0 saturated heterocycles. The number of ether oxygens (including phenoxy) is 2. The van der Waals surface area contributed by atoms with Gasteiger partial charge in [-0.15, -0.1) is 0 Å². The number of esters is 1. The van der Waals surface area contributed by atoms with Crippen molar-refractivity contribution in [3.05, 3.63) is 35.9 Å². The maximum absolute atomic E-state index is 11.9. The predicted octanol–water partition coefficient (Wildman–Crippen LogP) is 0.600. The number of urea groups is 1. The summed E-state index contributed by atoms with van der Waals surface area (Å²) in [6.07, 6.45) is 1.66. The van der Waals surface area contributed by atoms with Crippen molar-refractivity contribution in [2.24, 2.45) is 0 Å². The van der Waals surface area contributed by atoms with Gasteiger partial charge in [0.15, 0.2) is 6.10 Å². The zero-order chi connectivity index (χ0) is 20.4. The molecule has 9 heteroatoms. The van der Waals surface area contributed by atoms with Gasteiger partial charge >= 0.3 is 12.0 Å². The number of amides is 4. The van der Waals surface area contributed by atoms with Crippen molar-refractivity contribution in [2.75, 3.05) is 14.2 Å². The molecule has 1 aromatic rings. The number of methoxy groups -OCH3 is 1. The third-order valence-electron chi connectivity index (χ3n) is 3.38. The van der Waals surface area contributed by atoms with Gasteiger partial charge in [0.05, 0.1) is 7.11 Å². The van der Waals surface area contributed by atoms with Crippen LogP contribution in [-0.4, -0.2) is 50.1 Å². The Morgan fingerprint density at radius 2 is 1.70 bits per heavy atom. The topological polar surface area (TPSA) is 123 Å². The molecular weight excluding hydrogens is 354 g/mol. The number of carbonyl (C=O) groups is 4. The summed E-state index contributed by atoms with van der Waals surface area (Å²) in [6, 6.07) is 5.35. The fourth-order valence-electron chi connectivity index (χ4n) is 1.81. The minimum absolute atomic E-state index is 0.502. The second kappa shape index (κ2) is 10.6. The predicted molar refractivity (Wildman–Crippen MR) is 97.8 cm³/mol. The van der Waals surface area contributed by atoms with Crippen LogP contribution in [0, 0.1) is 0 Å². The molecule has 0 fully saturated rings. The van der Waals surface area contributed by atoms with Gasteiger partial charge in [-0.2, -0.15) is 0 Å². The van der Waals surface area contributed by atoms with Crippen molar-refractivity contribution in [1.29, 1.82) is 0 Å². The fraction of sp³-hybridized carbons (Fsp3) is 0.333. The Kier molecular flexibility index (Phi) is 8.50. The molecule has 0 aliphatic carbocycles. The highest BCUT2D eigenvalue weighted by molar-refractivity contribution is 5.98. The minimum atomic E-state index is -1.19. The van der Waals surface area contributed by atoms with Gasteiger partial charge in [0, 0.05) is 13.1 Å². The van der Waals surface area contributed by atoms with Crippen LogP contribution in [0.15, 0.2) is 30.3 Å². The summed E-state index contributed by atoms with van der Waals surface area (Å²) in [5, 5.41) is 6.62. The Morgan fingerprint density at radius 3 is 2.26 bits per heavy atom. The van der Waals surface area contributed by atoms with E-state index in [1.807, 2.05) is 5.32 Å². The molecule has 9 nitrogen and oxygen atoms in total. The van der Waals surface area contributed by atoms with E-state index < -0.39 is 36.0 Å². The van der Waals surface area contributed by atoms with E-state index in [9.17, 15) is 19.2 Å². The van der Waals surface area contributed by atoms with E-state index in [2.05, 4.69) is 10.6 Å². The van der Waals surface area contributed by atoms with Gasteiger partial charge in [-0.25, -0.2) is 9.59 Å². The lowest BCUT2D eigenvalue weighted by molar-refractivity contribution is -0.156. The molecule has 1 rings (SSSR count). The van der Waals surface area contributed by atoms with E-state index in [1.165, 1.54) is 27.0 Å². The maximum atomic E-state index is 11.9. The summed E-state index contributed by atoms with van der Waals surface area (Å²) >= 11 is 0. The highest BCUT2D eigenvalue weighted by Gasteiger charge is 2.23. The molecule has 0 radical (unpaired) electrons. The monoisotopic (exact) mass is 377 g/mol. The first-order valence-corrected chi connectivity index (χ1v) is 8.12. The molecule has 0 aliphatic rings. The quantitative estimate of drug-likeness (QED) is 0.472. The summed E-state index contributed by atoms with van der Waals surface area (Å²) in [7, 11) is 2.90. The molecule has 1 aromatic carbocycles. The Bertz CT molecular complexity index is 714. The molecule has 146 valence electrons. The van der Waals surface area contributed by atoms with Gasteiger partial charge in [0.1, 0.15) is 11.8 Å². The van der Waals surface area contributed by atoms with Crippen LogP contribution in [0.1, 0.15) is 19.4 Å². The summed E-state index contributed by atoms with van der Waals surface area (Å²) in [5.74, 6) is -1.39. The SMILES string of the molecule is CNC(=O)NC(=O)[C@H](C)OC(=O)[C@H](C)NC(=O)/C=C/c1ccc(OC)cc1. The Hall–Kier alpha value is -3.36. The number of nitrogens with one attached hydrogen (secondary N) is 3. The first kappa shape index (κ1) is 21.7. The highest BCUT2D eigenvalue weighted by atomic mass is 16.5. The van der Waals surface area contributed by atoms with Crippen LogP contribution in [0.3, 0.4) is 0 Å². The number of imide groups is 1. The van der Waals surface area contributed by atoms with Crippen molar-refractivity contribution >= 4 is 29.9 Å². The number of benzene rings is 1. The minimum Gasteiger partial charge on any atom is -0.497 e. The van der Waals surface area contributed by atoms with E-state index in [-0.39, 0.29) is 0 Å². The zero-order valence-electron chi connectivity index (χ0n) is 15.6. The lowest BCUT2D eigenvalue weighted by Gasteiger charge is -2.16. The van der Waals surface area contributed by atoms with Gasteiger partial charge in [-0.1, -0.05) is 12.1 Å². The Labute approximate surface area is 157 Å². The molecule has 2 atom stereocenters. The zero-order valence-corrected chi connectivity index (χ0v) is 15.6. The second-order valence-electron chi connectivity index (χ2n) is 5.48. The normalized spacial score (nSPS) is 12.6. The standard InChI is InChI=1S/C18H23N3O6/c1-11(17(24)27-12(2)16(23)21-18(25)19-3)20-15(22)10-7-13-5-8-14(26-4)9-6-13/h5-12H,1-4H3,(H,20,22)(H2,19,21,23,25)/b10-7+/t11-,12-/m0/s1. The van der Waals surface area contributed by atoms with Gasteiger partial charge in [0.25, 0.3) is 5.91 Å². The summed E-state index contributed by atoms with van der Waals surface area (Å²) in [5.41, 5.74) is 0.778. The highest BCUT2D eigenvalue weighted by Crippen LogP contribution is 2.12. The molecule has 0 aromatic heterocycles. The van der Waals surface area contributed by atoms with E-state index in [0.29, 0.717) is 5.75 Å². The molecule has 3 N–H and O–H groups in total. The first-order chi connectivity index (χ1) is 12.8. The molecule has 0 spiro atoms. The van der Waals surface area contributed by atoms with Gasteiger partial charge in [0.2, 0.25) is 5.91 Å². The number of rotatable bonds is 7. The van der Waals surface area contributed by atoms with Crippen LogP contribution in [0.25, 0.3) is 6.08 Å². The third-order valence-corrected chi connectivity index (χ3v) is 3.38. The molecule has 0 saturated carbocycles. The lowest BCUT2D eigenvalue weighted by atomic mass is 10.2. The maximum Gasteiger partial charge on any atom is 0.329 e. The second-order valence-corrected chi connectivity index (χ2v) is 5.48. The third kappa shape index (κ3) is 7.59. The number of carbonyl (C=O) groups excluding carboxylic acids is 4. The van der Waals surface area contributed by atoms with Crippen LogP contribution in [0.2, 0.25) is 0 Å². The molecule has 0 bridgehead atoms. The van der Waals surface area contributed by atoms with Crippen LogP contribution in [-0.2, 0) is 19.1 Å². The molecule has 4 amide bonds. The smallest absolute Gasteiger partial charge is 0.329 e. The fourth-order valence-corrected chi connectivity index (χ4v) is 1.81. The molecule has 0 unspecified atom stereocenters. The van der Waals surface area contributed by atoms with E-state index in [4.69, 9.17) is 9.47 Å². The molecule has 0 aliphatic heterocycles. The van der Waals surface area contributed by atoms with E-state index in [1.54, 1.807) is 37.5 Å². The average Bonchev–Trinajstić information content (AvgIpc) is 2.66. The number of hydrogen-bond donors (Lipinski definition) is 3.